The van der Waals surface area contributed by atoms with Gasteiger partial charge in [-0.3, -0.25) is 14.5 Å². The number of nitrogens with zero attached hydrogens (tertiary/aromatic N) is 4. The lowest BCUT2D eigenvalue weighted by molar-refractivity contribution is 0.626. The molecule has 0 saturated carbocycles. The fourth-order valence-electron chi connectivity index (χ4n) is 3.57. The van der Waals surface area contributed by atoms with Crippen molar-refractivity contribution >= 4 is 21.9 Å². The first-order valence-electron chi connectivity index (χ1n) is 9.89. The van der Waals surface area contributed by atoms with E-state index in [1.54, 1.807) is 37.1 Å². The number of hydrogen-bond donors (Lipinski definition) is 1. The summed E-state index contributed by atoms with van der Waals surface area (Å²) in [6, 6.07) is 15.0. The fourth-order valence-corrected chi connectivity index (χ4v) is 3.57. The first kappa shape index (κ1) is 18.9. The predicted octanol–water partition coefficient (Wildman–Crippen LogP) is 4.01. The Hall–Kier alpha value is -4.08. The van der Waals surface area contributed by atoms with E-state index < -0.39 is 5.82 Å². The van der Waals surface area contributed by atoms with Crippen LogP contribution < -0.4 is 5.73 Å². The van der Waals surface area contributed by atoms with Crippen LogP contribution in [0.15, 0.2) is 73.4 Å². The molecule has 0 amide bonds. The second-order valence-electron chi connectivity index (χ2n) is 7.15. The minimum Gasteiger partial charge on any atom is -0.330 e. The van der Waals surface area contributed by atoms with Gasteiger partial charge < -0.3 is 5.73 Å². The molecule has 2 N–H and O–H groups in total. The van der Waals surface area contributed by atoms with E-state index in [1.165, 1.54) is 11.6 Å². The molecule has 0 bridgehead atoms. The normalized spacial score (nSPS) is 10.9. The van der Waals surface area contributed by atoms with Crippen molar-refractivity contribution in [1.29, 1.82) is 0 Å². The molecule has 5 rings (SSSR count). The smallest absolute Gasteiger partial charge is 0.141 e. The van der Waals surface area contributed by atoms with Crippen LogP contribution in [-0.4, -0.2) is 26.1 Å². The van der Waals surface area contributed by atoms with Crippen LogP contribution in [0.2, 0.25) is 0 Å². The van der Waals surface area contributed by atoms with Crippen LogP contribution in [0.5, 0.6) is 0 Å². The van der Waals surface area contributed by atoms with Crippen molar-refractivity contribution in [1.82, 2.24) is 19.5 Å². The second kappa shape index (κ2) is 7.98. The number of pyridine rings is 2. The van der Waals surface area contributed by atoms with Crippen molar-refractivity contribution in [2.75, 3.05) is 6.54 Å². The van der Waals surface area contributed by atoms with Gasteiger partial charge in [-0.15, -0.1) is 0 Å². The van der Waals surface area contributed by atoms with Gasteiger partial charge in [0.25, 0.3) is 0 Å². The molecule has 0 aliphatic carbocycles. The van der Waals surface area contributed by atoms with E-state index in [2.05, 4.69) is 38.9 Å². The topological polar surface area (TPSA) is 69.6 Å². The van der Waals surface area contributed by atoms with Crippen molar-refractivity contribution in [2.24, 2.45) is 5.73 Å². The Labute approximate surface area is 178 Å². The molecule has 3 aromatic heterocycles. The monoisotopic (exact) mass is 407 g/mol. The summed E-state index contributed by atoms with van der Waals surface area (Å²) in [6.07, 6.45) is 7.57. The predicted molar refractivity (Wildman–Crippen MR) is 119 cm³/mol. The molecule has 6 heteroatoms. The largest absolute Gasteiger partial charge is 0.330 e. The minimum absolute atomic E-state index is 0.302. The van der Waals surface area contributed by atoms with Gasteiger partial charge >= 0.3 is 0 Å². The summed E-state index contributed by atoms with van der Waals surface area (Å²) in [6.45, 7) is 0.609. The lowest BCUT2D eigenvalue weighted by Gasteiger charge is -2.08. The van der Waals surface area contributed by atoms with Crippen molar-refractivity contribution in [3.63, 3.8) is 0 Å². The third-order valence-electron chi connectivity index (χ3n) is 5.11. The van der Waals surface area contributed by atoms with Gasteiger partial charge in [-0.05, 0) is 48.9 Å². The molecule has 5 aromatic rings. The first-order chi connectivity index (χ1) is 15.2. The van der Waals surface area contributed by atoms with Crippen LogP contribution in [0.1, 0.15) is 16.7 Å². The number of aromatic nitrogens is 4. The highest BCUT2D eigenvalue weighted by Crippen LogP contribution is 2.27. The highest BCUT2D eigenvalue weighted by Gasteiger charge is 2.13. The van der Waals surface area contributed by atoms with Crippen LogP contribution >= 0.6 is 0 Å². The molecular weight excluding hydrogens is 389 g/mol. The third kappa shape index (κ3) is 3.63. The average Bonchev–Trinajstić information content (AvgIpc) is 3.24. The molecule has 150 valence electrons. The summed E-state index contributed by atoms with van der Waals surface area (Å²) >= 11 is 0. The zero-order valence-electron chi connectivity index (χ0n) is 16.6. The molecule has 0 fully saturated rings. The van der Waals surface area contributed by atoms with Crippen molar-refractivity contribution < 1.29 is 4.39 Å². The summed E-state index contributed by atoms with van der Waals surface area (Å²) in [4.78, 5) is 12.9. The second-order valence-corrected chi connectivity index (χ2v) is 7.15. The molecule has 3 heterocycles. The van der Waals surface area contributed by atoms with Gasteiger partial charge in [-0.25, -0.2) is 9.37 Å². The number of nitrogens with two attached hydrogens (primary N) is 1. The van der Waals surface area contributed by atoms with Crippen LogP contribution in [0.25, 0.3) is 27.6 Å². The molecule has 0 unspecified atom stereocenters. The lowest BCUT2D eigenvalue weighted by Crippen LogP contribution is -2.02. The fraction of sp³-hybridized carbons (Fsp3) is 0.0800. The van der Waals surface area contributed by atoms with Crippen molar-refractivity contribution in [3.8, 4) is 17.5 Å². The van der Waals surface area contributed by atoms with Gasteiger partial charge in [-0.1, -0.05) is 24.0 Å². The highest BCUT2D eigenvalue weighted by molar-refractivity contribution is 6.03. The molecule has 31 heavy (non-hydrogen) atoms. The van der Waals surface area contributed by atoms with Crippen LogP contribution in [0, 0.1) is 17.7 Å². The Morgan fingerprint density at radius 3 is 2.61 bits per heavy atom. The minimum atomic E-state index is -0.409. The molecule has 5 nitrogen and oxygen atoms in total. The van der Waals surface area contributed by atoms with Crippen molar-refractivity contribution in [3.05, 3.63) is 96.0 Å². The third-order valence-corrected chi connectivity index (χ3v) is 5.11. The summed E-state index contributed by atoms with van der Waals surface area (Å²) in [5.41, 5.74) is 11.0. The van der Waals surface area contributed by atoms with Gasteiger partial charge in [0.2, 0.25) is 0 Å². The van der Waals surface area contributed by atoms with Crippen molar-refractivity contribution in [2.45, 2.75) is 6.42 Å². The Bertz CT molecular complexity index is 1440. The van der Waals surface area contributed by atoms with Gasteiger partial charge in [0.05, 0.1) is 22.8 Å². The van der Waals surface area contributed by atoms with E-state index in [1.807, 2.05) is 22.8 Å². The lowest BCUT2D eigenvalue weighted by atomic mass is 10.1. The van der Waals surface area contributed by atoms with Gasteiger partial charge in [-0.2, -0.15) is 0 Å². The SMILES string of the molecule is NCCc1ccc(-n2cnc3cnc4cc(F)c(C#Cc5cccnc5)cc4c32)cc1. The summed E-state index contributed by atoms with van der Waals surface area (Å²) in [7, 11) is 0. The van der Waals surface area contributed by atoms with Crippen LogP contribution in [-0.2, 0) is 6.42 Å². The van der Waals surface area contributed by atoms with E-state index in [0.717, 1.165) is 34.1 Å². The highest BCUT2D eigenvalue weighted by atomic mass is 19.1. The molecule has 0 atom stereocenters. The van der Waals surface area contributed by atoms with Crippen LogP contribution in [0.4, 0.5) is 4.39 Å². The Morgan fingerprint density at radius 2 is 1.84 bits per heavy atom. The molecule has 0 aliphatic heterocycles. The maximum atomic E-state index is 14.7. The van der Waals surface area contributed by atoms with Crippen LogP contribution in [0.3, 0.4) is 0 Å². The number of benzene rings is 2. The number of rotatable bonds is 3. The van der Waals surface area contributed by atoms with Gasteiger partial charge in [0.15, 0.2) is 0 Å². The van der Waals surface area contributed by atoms with E-state index in [0.29, 0.717) is 17.6 Å². The summed E-state index contributed by atoms with van der Waals surface area (Å²) < 4.78 is 16.7. The number of imidazole rings is 1. The molecular formula is C25H18FN5. The quantitative estimate of drug-likeness (QED) is 0.459. The number of hydrogen-bond acceptors (Lipinski definition) is 4. The Morgan fingerprint density at radius 1 is 0.968 bits per heavy atom. The van der Waals surface area contributed by atoms with Gasteiger partial charge in [0.1, 0.15) is 17.7 Å². The molecule has 2 aromatic carbocycles. The van der Waals surface area contributed by atoms with E-state index >= 15 is 0 Å². The van der Waals surface area contributed by atoms with Gasteiger partial charge in [0, 0.05) is 35.1 Å². The maximum Gasteiger partial charge on any atom is 0.141 e. The maximum absolute atomic E-state index is 14.7. The summed E-state index contributed by atoms with van der Waals surface area (Å²) in [5, 5.41) is 0.790. The molecule has 0 saturated heterocycles. The van der Waals surface area contributed by atoms with E-state index in [4.69, 9.17) is 5.73 Å². The number of fused-ring (bicyclic) bond motifs is 3. The number of halogens is 1. The molecule has 0 aliphatic rings. The zero-order valence-corrected chi connectivity index (χ0v) is 16.6. The first-order valence-corrected chi connectivity index (χ1v) is 9.89. The standard InChI is InChI=1S/C25H18FN5/c26-22-13-23-21(12-19(22)6-3-18-2-1-11-28-14-18)25-24(15-29-23)30-16-31(25)20-7-4-17(5-8-20)9-10-27/h1-2,4-5,7-8,11-16H,9-10,27H2. The zero-order chi connectivity index (χ0) is 21.2. The van der Waals surface area contributed by atoms with E-state index in [-0.39, 0.29) is 0 Å². The average molecular weight is 407 g/mol. The Balaban J connectivity index is 1.67. The summed E-state index contributed by atoms with van der Waals surface area (Å²) in [5.74, 6) is 5.48. The van der Waals surface area contributed by atoms with E-state index in [9.17, 15) is 4.39 Å². The molecule has 0 spiro atoms. The Kier molecular flexibility index (Phi) is 4.87. The molecule has 0 radical (unpaired) electrons.